The highest BCUT2D eigenvalue weighted by molar-refractivity contribution is 5.91. The maximum atomic E-state index is 12.5. The molecule has 0 N–H and O–H groups in total. The van der Waals surface area contributed by atoms with Gasteiger partial charge in [-0.1, -0.05) is 5.16 Å². The summed E-state index contributed by atoms with van der Waals surface area (Å²) >= 11 is 0. The molecule has 0 aromatic carbocycles. The van der Waals surface area contributed by atoms with Crippen LogP contribution in [0.4, 0.5) is 0 Å². The van der Waals surface area contributed by atoms with E-state index < -0.39 is 0 Å². The van der Waals surface area contributed by atoms with Crippen LogP contribution in [-0.4, -0.2) is 38.5 Å². The minimum Gasteiger partial charge on any atom is -0.459 e. The van der Waals surface area contributed by atoms with Gasteiger partial charge in [-0.05, 0) is 43.5 Å². The Balaban J connectivity index is 1.39. The minimum absolute atomic E-state index is 0.0448. The third-order valence-electron chi connectivity index (χ3n) is 4.45. The summed E-state index contributed by atoms with van der Waals surface area (Å²) in [4.78, 5) is 22.9. The third kappa shape index (κ3) is 3.31. The van der Waals surface area contributed by atoms with Crippen LogP contribution in [0.2, 0.25) is 0 Å². The molecule has 1 fully saturated rings. The highest BCUT2D eigenvalue weighted by Crippen LogP contribution is 2.24. The Morgan fingerprint density at radius 2 is 2.28 bits per heavy atom. The summed E-state index contributed by atoms with van der Waals surface area (Å²) < 4.78 is 10.5. The average Bonchev–Trinajstić information content (AvgIpc) is 3.41. The van der Waals surface area contributed by atoms with Crippen molar-refractivity contribution in [2.24, 2.45) is 0 Å². The first-order valence-electron chi connectivity index (χ1n) is 8.39. The number of carbonyl (C=O) groups excluding carboxylic acids is 1. The fraction of sp³-hybridized carbons (Fsp3) is 0.333. The number of hydrogen-bond acceptors (Lipinski definition) is 6. The van der Waals surface area contributed by atoms with Crippen LogP contribution in [0, 0.1) is 0 Å². The third-order valence-corrected chi connectivity index (χ3v) is 4.45. The summed E-state index contributed by atoms with van der Waals surface area (Å²) in [6.07, 6.45) is 8.37. The number of carbonyl (C=O) groups is 1. The number of nitrogens with zero attached hydrogens (tertiary/aromatic N) is 4. The molecule has 1 amide bonds. The summed E-state index contributed by atoms with van der Waals surface area (Å²) in [5, 5.41) is 4.04. The minimum atomic E-state index is -0.0448. The second kappa shape index (κ2) is 6.88. The van der Waals surface area contributed by atoms with Crippen LogP contribution in [0.1, 0.15) is 35.6 Å². The van der Waals surface area contributed by atoms with Crippen molar-refractivity contribution in [2.45, 2.75) is 31.7 Å². The van der Waals surface area contributed by atoms with Crippen LogP contribution >= 0.6 is 0 Å². The second-order valence-corrected chi connectivity index (χ2v) is 6.07. The van der Waals surface area contributed by atoms with Crippen LogP contribution in [0.3, 0.4) is 0 Å². The summed E-state index contributed by atoms with van der Waals surface area (Å²) in [5.41, 5.74) is 0.803. The molecule has 7 heteroatoms. The standard InChI is InChI=1S/C18H18N4O3/c23-18(15-6-3-11-24-15)22-10-2-5-14(22)7-8-16-20-17(25-21-16)13-4-1-9-19-12-13/h1,3-4,6,9,11-12,14H,2,5,7-8,10H2. The van der Waals surface area contributed by atoms with E-state index in [1.165, 1.54) is 6.26 Å². The summed E-state index contributed by atoms with van der Waals surface area (Å²) in [7, 11) is 0. The van der Waals surface area contributed by atoms with Gasteiger partial charge in [-0.3, -0.25) is 9.78 Å². The van der Waals surface area contributed by atoms with Gasteiger partial charge in [0.2, 0.25) is 0 Å². The quantitative estimate of drug-likeness (QED) is 0.711. The Hall–Kier alpha value is -2.96. The van der Waals surface area contributed by atoms with E-state index >= 15 is 0 Å². The number of pyridine rings is 1. The molecule has 4 heterocycles. The van der Waals surface area contributed by atoms with Crippen molar-refractivity contribution in [3.8, 4) is 11.5 Å². The monoisotopic (exact) mass is 338 g/mol. The Bertz CT molecular complexity index is 829. The van der Waals surface area contributed by atoms with Gasteiger partial charge >= 0.3 is 0 Å². The van der Waals surface area contributed by atoms with E-state index in [1.54, 1.807) is 24.5 Å². The summed E-state index contributed by atoms with van der Waals surface area (Å²) in [6.45, 7) is 0.761. The lowest BCUT2D eigenvalue weighted by Gasteiger charge is -2.23. The maximum absolute atomic E-state index is 12.5. The molecule has 0 aliphatic carbocycles. The fourth-order valence-electron chi connectivity index (χ4n) is 3.20. The largest absolute Gasteiger partial charge is 0.459 e. The molecule has 3 aromatic rings. The number of amides is 1. The van der Waals surface area contributed by atoms with Crippen LogP contribution in [0.5, 0.6) is 0 Å². The van der Waals surface area contributed by atoms with Crippen LogP contribution in [-0.2, 0) is 6.42 Å². The lowest BCUT2D eigenvalue weighted by atomic mass is 10.1. The van der Waals surface area contributed by atoms with Gasteiger partial charge in [0.1, 0.15) is 0 Å². The van der Waals surface area contributed by atoms with Crippen molar-refractivity contribution in [1.82, 2.24) is 20.0 Å². The SMILES string of the molecule is O=C(c1ccco1)N1CCCC1CCc1noc(-c2cccnc2)n1. The Labute approximate surface area is 144 Å². The number of furan rings is 1. The zero-order valence-corrected chi connectivity index (χ0v) is 13.7. The molecule has 25 heavy (non-hydrogen) atoms. The molecule has 1 aliphatic rings. The number of likely N-dealkylation sites (tertiary alicyclic amines) is 1. The Morgan fingerprint density at radius 1 is 1.32 bits per heavy atom. The molecule has 1 unspecified atom stereocenters. The Morgan fingerprint density at radius 3 is 3.08 bits per heavy atom. The summed E-state index contributed by atoms with van der Waals surface area (Å²) in [6, 6.07) is 7.33. The lowest BCUT2D eigenvalue weighted by Crippen LogP contribution is -2.35. The number of hydrogen-bond donors (Lipinski definition) is 0. The molecular weight excluding hydrogens is 320 g/mol. The molecule has 7 nitrogen and oxygen atoms in total. The van der Waals surface area contributed by atoms with Crippen molar-refractivity contribution in [3.05, 3.63) is 54.5 Å². The van der Waals surface area contributed by atoms with Gasteiger partial charge in [-0.25, -0.2) is 0 Å². The van der Waals surface area contributed by atoms with E-state index in [4.69, 9.17) is 8.94 Å². The smallest absolute Gasteiger partial charge is 0.289 e. The van der Waals surface area contributed by atoms with E-state index in [9.17, 15) is 4.79 Å². The molecule has 1 aliphatic heterocycles. The van der Waals surface area contributed by atoms with Crippen molar-refractivity contribution in [3.63, 3.8) is 0 Å². The highest BCUT2D eigenvalue weighted by atomic mass is 16.5. The van der Waals surface area contributed by atoms with Gasteiger partial charge in [-0.15, -0.1) is 0 Å². The van der Waals surface area contributed by atoms with E-state index in [1.807, 2.05) is 17.0 Å². The highest BCUT2D eigenvalue weighted by Gasteiger charge is 2.30. The maximum Gasteiger partial charge on any atom is 0.289 e. The topological polar surface area (TPSA) is 85.3 Å². The number of aromatic nitrogens is 3. The lowest BCUT2D eigenvalue weighted by molar-refractivity contribution is 0.0698. The van der Waals surface area contributed by atoms with Crippen LogP contribution in [0.15, 0.2) is 51.9 Å². The molecule has 3 aromatic heterocycles. The second-order valence-electron chi connectivity index (χ2n) is 6.07. The van der Waals surface area contributed by atoms with Crippen molar-refractivity contribution in [2.75, 3.05) is 6.54 Å². The van der Waals surface area contributed by atoms with Gasteiger partial charge in [0.15, 0.2) is 11.6 Å². The van der Waals surface area contributed by atoms with E-state index in [0.29, 0.717) is 23.9 Å². The number of aryl methyl sites for hydroxylation is 1. The van der Waals surface area contributed by atoms with Gasteiger partial charge < -0.3 is 13.8 Å². The average molecular weight is 338 g/mol. The first-order valence-corrected chi connectivity index (χ1v) is 8.39. The van der Waals surface area contributed by atoms with Crippen molar-refractivity contribution < 1.29 is 13.7 Å². The van der Waals surface area contributed by atoms with Gasteiger partial charge in [0.05, 0.1) is 11.8 Å². The van der Waals surface area contributed by atoms with E-state index in [-0.39, 0.29) is 11.9 Å². The molecule has 1 saturated heterocycles. The fourth-order valence-corrected chi connectivity index (χ4v) is 3.20. The van der Waals surface area contributed by atoms with Crippen molar-refractivity contribution in [1.29, 1.82) is 0 Å². The van der Waals surface area contributed by atoms with E-state index in [2.05, 4.69) is 15.1 Å². The predicted octanol–water partition coefficient (Wildman–Crippen LogP) is 2.96. The zero-order valence-electron chi connectivity index (χ0n) is 13.7. The van der Waals surface area contributed by atoms with Gasteiger partial charge in [-0.2, -0.15) is 4.98 Å². The van der Waals surface area contributed by atoms with Crippen molar-refractivity contribution >= 4 is 5.91 Å². The zero-order chi connectivity index (χ0) is 17.1. The van der Waals surface area contributed by atoms with Crippen LogP contribution in [0.25, 0.3) is 11.5 Å². The molecule has 0 saturated carbocycles. The molecule has 0 bridgehead atoms. The molecule has 1 atom stereocenters. The van der Waals surface area contributed by atoms with E-state index in [0.717, 1.165) is 31.4 Å². The first kappa shape index (κ1) is 15.6. The molecule has 128 valence electrons. The number of rotatable bonds is 5. The van der Waals surface area contributed by atoms with Crippen LogP contribution < -0.4 is 0 Å². The molecule has 4 rings (SSSR count). The Kier molecular flexibility index (Phi) is 4.28. The predicted molar refractivity (Wildman–Crippen MR) is 88.6 cm³/mol. The molecule has 0 radical (unpaired) electrons. The van der Waals surface area contributed by atoms with Gasteiger partial charge in [0.25, 0.3) is 11.8 Å². The first-order chi connectivity index (χ1) is 12.3. The van der Waals surface area contributed by atoms with Gasteiger partial charge in [0, 0.05) is 31.4 Å². The molecular formula is C18H18N4O3. The molecule has 0 spiro atoms. The summed E-state index contributed by atoms with van der Waals surface area (Å²) in [5.74, 6) is 1.47. The normalized spacial score (nSPS) is 17.1.